The zero-order valence-corrected chi connectivity index (χ0v) is 18.2. The van der Waals surface area contributed by atoms with Crippen LogP contribution in [0.1, 0.15) is 22.1 Å². The molecular formula is C26H20N2O3S. The zero-order chi connectivity index (χ0) is 21.9. The van der Waals surface area contributed by atoms with Gasteiger partial charge in [-0.3, -0.25) is 0 Å². The number of methoxy groups -OCH3 is 1. The van der Waals surface area contributed by atoms with E-state index in [4.69, 9.17) is 9.47 Å². The largest absolute Gasteiger partial charge is 0.497 e. The quantitative estimate of drug-likeness (QED) is 0.444. The fourth-order valence-electron chi connectivity index (χ4n) is 3.97. The molecule has 1 amide bonds. The predicted molar refractivity (Wildman–Crippen MR) is 126 cm³/mol. The SMILES string of the molecule is COc1ccc2nc(C#CCNC(=O)OCC3c4ccccc4-c4ccccc43)sc2c1. The van der Waals surface area contributed by atoms with E-state index in [-0.39, 0.29) is 19.1 Å². The molecule has 6 heteroatoms. The van der Waals surface area contributed by atoms with Crippen LogP contribution in [0, 0.1) is 11.8 Å². The highest BCUT2D eigenvalue weighted by Crippen LogP contribution is 2.44. The smallest absolute Gasteiger partial charge is 0.407 e. The molecule has 0 aliphatic heterocycles. The molecule has 0 radical (unpaired) electrons. The van der Waals surface area contributed by atoms with Crippen LogP contribution >= 0.6 is 11.3 Å². The maximum absolute atomic E-state index is 12.2. The van der Waals surface area contributed by atoms with Crippen molar-refractivity contribution in [2.75, 3.05) is 20.3 Å². The Morgan fingerprint density at radius 3 is 2.50 bits per heavy atom. The number of ether oxygens (including phenoxy) is 2. The van der Waals surface area contributed by atoms with Crippen molar-refractivity contribution in [2.24, 2.45) is 0 Å². The highest BCUT2D eigenvalue weighted by molar-refractivity contribution is 7.19. The van der Waals surface area contributed by atoms with E-state index in [2.05, 4.69) is 46.4 Å². The fraction of sp³-hybridized carbons (Fsp3) is 0.154. The molecule has 3 aromatic carbocycles. The number of hydrogen-bond donors (Lipinski definition) is 1. The third-order valence-corrected chi connectivity index (χ3v) is 6.39. The number of thiazole rings is 1. The number of fused-ring (bicyclic) bond motifs is 4. The summed E-state index contributed by atoms with van der Waals surface area (Å²) in [5.41, 5.74) is 5.67. The Labute approximate surface area is 190 Å². The molecule has 0 fully saturated rings. The van der Waals surface area contributed by atoms with Crippen LogP contribution in [0.25, 0.3) is 21.3 Å². The van der Waals surface area contributed by atoms with Crippen molar-refractivity contribution in [2.45, 2.75) is 5.92 Å². The first kappa shape index (κ1) is 20.1. The second-order valence-corrected chi connectivity index (χ2v) is 8.36. The second kappa shape index (κ2) is 8.74. The lowest BCUT2D eigenvalue weighted by molar-refractivity contribution is 0.144. The average molecular weight is 441 g/mol. The summed E-state index contributed by atoms with van der Waals surface area (Å²) in [6.45, 7) is 0.475. The number of alkyl carbamates (subject to hydrolysis) is 1. The number of amides is 1. The summed E-state index contributed by atoms with van der Waals surface area (Å²) in [6.07, 6.45) is -0.477. The van der Waals surface area contributed by atoms with Gasteiger partial charge in [0.25, 0.3) is 0 Å². The van der Waals surface area contributed by atoms with Gasteiger partial charge in [0.1, 0.15) is 12.4 Å². The van der Waals surface area contributed by atoms with Gasteiger partial charge in [0.05, 0.1) is 23.9 Å². The Morgan fingerprint density at radius 1 is 1.06 bits per heavy atom. The highest BCUT2D eigenvalue weighted by Gasteiger charge is 2.28. The van der Waals surface area contributed by atoms with E-state index < -0.39 is 6.09 Å². The first-order valence-electron chi connectivity index (χ1n) is 10.3. The molecule has 0 spiro atoms. The number of carbonyl (C=O) groups excluding carboxylic acids is 1. The van der Waals surface area contributed by atoms with Crippen molar-refractivity contribution < 1.29 is 14.3 Å². The van der Waals surface area contributed by atoms with Crippen molar-refractivity contribution in [3.8, 4) is 28.7 Å². The van der Waals surface area contributed by atoms with Gasteiger partial charge in [0, 0.05) is 5.92 Å². The molecule has 1 N–H and O–H groups in total. The molecule has 0 saturated carbocycles. The molecule has 1 aliphatic rings. The van der Waals surface area contributed by atoms with Gasteiger partial charge in [-0.15, -0.1) is 11.3 Å². The van der Waals surface area contributed by atoms with Crippen LogP contribution in [0.4, 0.5) is 4.79 Å². The molecule has 0 saturated heterocycles. The van der Waals surface area contributed by atoms with Gasteiger partial charge in [0.15, 0.2) is 5.01 Å². The average Bonchev–Trinajstić information content (AvgIpc) is 3.38. The molecule has 1 aliphatic carbocycles. The summed E-state index contributed by atoms with van der Waals surface area (Å²) >= 11 is 1.49. The van der Waals surface area contributed by atoms with Crippen LogP contribution in [-0.2, 0) is 4.74 Å². The standard InChI is InChI=1S/C26H20N2O3S/c1-30-17-12-13-23-24(15-17)32-25(28-23)11-6-14-27-26(29)31-16-22-20-9-4-2-7-18(20)19-8-3-5-10-21(19)22/h2-5,7-10,12-13,15,22H,14,16H2,1H3,(H,27,29). The number of aromatic nitrogens is 1. The molecule has 0 unspecified atom stereocenters. The number of rotatable bonds is 4. The summed E-state index contributed by atoms with van der Waals surface area (Å²) < 4.78 is 11.8. The van der Waals surface area contributed by atoms with Crippen LogP contribution < -0.4 is 10.1 Å². The van der Waals surface area contributed by atoms with Gasteiger partial charge >= 0.3 is 6.09 Å². The maximum atomic E-state index is 12.2. The Morgan fingerprint density at radius 2 is 1.78 bits per heavy atom. The predicted octanol–water partition coefficient (Wildman–Crippen LogP) is 5.20. The van der Waals surface area contributed by atoms with Crippen LogP contribution in [0.3, 0.4) is 0 Å². The van der Waals surface area contributed by atoms with Crippen LogP contribution in [0.5, 0.6) is 5.75 Å². The van der Waals surface area contributed by atoms with E-state index in [0.717, 1.165) is 16.0 Å². The number of benzene rings is 3. The Balaban J connectivity index is 1.18. The van der Waals surface area contributed by atoms with Crippen LogP contribution in [-0.4, -0.2) is 31.3 Å². The van der Waals surface area contributed by atoms with Crippen molar-refractivity contribution >= 4 is 27.6 Å². The Bertz CT molecular complexity index is 1320. The molecule has 0 atom stereocenters. The summed E-state index contributed by atoms with van der Waals surface area (Å²) in [4.78, 5) is 16.7. The Kier molecular flexibility index (Phi) is 5.49. The monoisotopic (exact) mass is 440 g/mol. The van der Waals surface area contributed by atoms with Crippen molar-refractivity contribution in [3.63, 3.8) is 0 Å². The van der Waals surface area contributed by atoms with E-state index in [1.807, 2.05) is 42.5 Å². The molecular weight excluding hydrogens is 420 g/mol. The molecule has 4 aromatic rings. The maximum Gasteiger partial charge on any atom is 0.407 e. The summed E-state index contributed by atoms with van der Waals surface area (Å²) in [6, 6.07) is 22.2. The normalized spacial score (nSPS) is 11.9. The second-order valence-electron chi connectivity index (χ2n) is 7.33. The minimum atomic E-state index is -0.477. The lowest BCUT2D eigenvalue weighted by Gasteiger charge is -2.14. The number of nitrogens with zero attached hydrogens (tertiary/aromatic N) is 1. The third-order valence-electron chi connectivity index (χ3n) is 5.46. The minimum Gasteiger partial charge on any atom is -0.497 e. The van der Waals surface area contributed by atoms with E-state index in [1.54, 1.807) is 7.11 Å². The number of carbonyl (C=O) groups is 1. The Hall–Kier alpha value is -3.82. The van der Waals surface area contributed by atoms with Gasteiger partial charge in [-0.1, -0.05) is 54.5 Å². The molecule has 5 rings (SSSR count). The van der Waals surface area contributed by atoms with E-state index in [1.165, 1.54) is 33.6 Å². The number of hydrogen-bond acceptors (Lipinski definition) is 5. The molecule has 5 nitrogen and oxygen atoms in total. The van der Waals surface area contributed by atoms with Crippen LogP contribution in [0.2, 0.25) is 0 Å². The van der Waals surface area contributed by atoms with Crippen molar-refractivity contribution in [1.29, 1.82) is 0 Å². The first-order chi connectivity index (χ1) is 15.7. The van der Waals surface area contributed by atoms with Crippen molar-refractivity contribution in [3.05, 3.63) is 82.9 Å². The topological polar surface area (TPSA) is 60.5 Å². The van der Waals surface area contributed by atoms with Gasteiger partial charge in [0.2, 0.25) is 0 Å². The summed E-state index contributed by atoms with van der Waals surface area (Å²) in [7, 11) is 1.64. The van der Waals surface area contributed by atoms with E-state index in [9.17, 15) is 4.79 Å². The van der Waals surface area contributed by atoms with Gasteiger partial charge < -0.3 is 14.8 Å². The fourth-order valence-corrected chi connectivity index (χ4v) is 4.84. The number of nitrogens with one attached hydrogen (secondary N) is 1. The summed E-state index contributed by atoms with van der Waals surface area (Å²) in [5, 5.41) is 3.40. The van der Waals surface area contributed by atoms with Gasteiger partial charge in [-0.2, -0.15) is 0 Å². The lowest BCUT2D eigenvalue weighted by atomic mass is 9.98. The van der Waals surface area contributed by atoms with Crippen molar-refractivity contribution in [1.82, 2.24) is 10.3 Å². The van der Waals surface area contributed by atoms with Crippen LogP contribution in [0.15, 0.2) is 66.7 Å². The van der Waals surface area contributed by atoms with Gasteiger partial charge in [-0.05, 0) is 46.4 Å². The molecule has 1 aromatic heterocycles. The third kappa shape index (κ3) is 3.91. The molecule has 158 valence electrons. The zero-order valence-electron chi connectivity index (χ0n) is 17.4. The highest BCUT2D eigenvalue weighted by atomic mass is 32.1. The van der Waals surface area contributed by atoms with Gasteiger partial charge in [-0.25, -0.2) is 9.78 Å². The minimum absolute atomic E-state index is 0.0407. The molecule has 0 bridgehead atoms. The first-order valence-corrected chi connectivity index (χ1v) is 11.1. The van der Waals surface area contributed by atoms with E-state index in [0.29, 0.717) is 5.01 Å². The molecule has 32 heavy (non-hydrogen) atoms. The lowest BCUT2D eigenvalue weighted by Crippen LogP contribution is -2.26. The summed E-state index contributed by atoms with van der Waals surface area (Å²) in [5.74, 6) is 6.76. The van der Waals surface area contributed by atoms with E-state index >= 15 is 0 Å². The molecule has 1 heterocycles.